The van der Waals surface area contributed by atoms with Crippen LogP contribution in [0.4, 0.5) is 0 Å². The Kier molecular flexibility index (Phi) is 4.00. The van der Waals surface area contributed by atoms with Crippen molar-refractivity contribution in [3.63, 3.8) is 0 Å². The molecule has 0 atom stereocenters. The Morgan fingerprint density at radius 1 is 1.25 bits per heavy atom. The van der Waals surface area contributed by atoms with Crippen LogP contribution in [0.15, 0.2) is 42.6 Å². The quantitative estimate of drug-likeness (QED) is 0.716. The summed E-state index contributed by atoms with van der Waals surface area (Å²) < 4.78 is 0. The number of nitrogens with one attached hydrogen (secondary N) is 1. The van der Waals surface area contributed by atoms with Gasteiger partial charge in [0.2, 0.25) is 0 Å². The maximum Gasteiger partial charge on any atom is 0.0395 e. The molecule has 0 bridgehead atoms. The smallest absolute Gasteiger partial charge is 0.0395 e. The van der Waals surface area contributed by atoms with Crippen molar-refractivity contribution in [3.05, 3.63) is 48.2 Å². The fourth-order valence-corrected chi connectivity index (χ4v) is 0.974. The van der Waals surface area contributed by atoms with Gasteiger partial charge >= 0.3 is 0 Å². The highest BCUT2D eigenvalue weighted by Gasteiger charge is 1.85. The first-order chi connectivity index (χ1) is 5.93. The highest BCUT2D eigenvalue weighted by molar-refractivity contribution is 5.14. The summed E-state index contributed by atoms with van der Waals surface area (Å²) in [6.07, 6.45) is 5.21. The highest BCUT2D eigenvalue weighted by atomic mass is 14.8. The molecule has 0 aromatic heterocycles. The van der Waals surface area contributed by atoms with Crippen LogP contribution in [-0.2, 0) is 6.54 Å². The Morgan fingerprint density at radius 2 is 2.00 bits per heavy atom. The lowest BCUT2D eigenvalue weighted by Gasteiger charge is -1.99. The van der Waals surface area contributed by atoms with Gasteiger partial charge in [-0.1, -0.05) is 43.3 Å². The summed E-state index contributed by atoms with van der Waals surface area (Å²) in [5.41, 5.74) is 1.32. The lowest BCUT2D eigenvalue weighted by molar-refractivity contribution is 0.864. The first kappa shape index (κ1) is 8.85. The van der Waals surface area contributed by atoms with Crippen molar-refractivity contribution >= 4 is 0 Å². The lowest BCUT2D eigenvalue weighted by Crippen LogP contribution is -2.03. The molecule has 0 amide bonds. The van der Waals surface area contributed by atoms with Gasteiger partial charge in [0.15, 0.2) is 0 Å². The molecular weight excluding hydrogens is 146 g/mol. The summed E-state index contributed by atoms with van der Waals surface area (Å²) >= 11 is 0. The van der Waals surface area contributed by atoms with Crippen LogP contribution in [0.2, 0.25) is 0 Å². The van der Waals surface area contributed by atoms with E-state index in [9.17, 15) is 0 Å². The van der Waals surface area contributed by atoms with Crippen LogP contribution in [0.3, 0.4) is 0 Å². The fraction of sp³-hybridized carbons (Fsp3) is 0.273. The molecule has 0 fully saturated rings. The lowest BCUT2D eigenvalue weighted by atomic mass is 10.2. The van der Waals surface area contributed by atoms with Gasteiger partial charge in [0, 0.05) is 6.54 Å². The Bertz CT molecular complexity index is 226. The second kappa shape index (κ2) is 5.42. The van der Waals surface area contributed by atoms with E-state index in [0.717, 1.165) is 13.0 Å². The van der Waals surface area contributed by atoms with Gasteiger partial charge in [-0.3, -0.25) is 0 Å². The largest absolute Gasteiger partial charge is 0.387 e. The van der Waals surface area contributed by atoms with E-state index in [-0.39, 0.29) is 0 Å². The molecule has 1 aromatic rings. The summed E-state index contributed by atoms with van der Waals surface area (Å²) in [5.74, 6) is 0. The van der Waals surface area contributed by atoms with Crippen molar-refractivity contribution in [2.75, 3.05) is 0 Å². The Morgan fingerprint density at radius 3 is 2.67 bits per heavy atom. The summed E-state index contributed by atoms with van der Waals surface area (Å²) in [4.78, 5) is 0. The normalized spacial score (nSPS) is 10.4. The number of allylic oxidation sites excluding steroid dienone is 1. The van der Waals surface area contributed by atoms with Gasteiger partial charge in [-0.2, -0.15) is 0 Å². The number of rotatable bonds is 4. The zero-order valence-electron chi connectivity index (χ0n) is 7.46. The minimum Gasteiger partial charge on any atom is -0.387 e. The molecule has 0 heterocycles. The van der Waals surface area contributed by atoms with Crippen LogP contribution in [0.1, 0.15) is 18.9 Å². The SMILES string of the molecule is CC/C=C/NCc1ccccc1. The fourth-order valence-electron chi connectivity index (χ4n) is 0.974. The predicted octanol–water partition coefficient (Wildman–Crippen LogP) is 2.70. The van der Waals surface area contributed by atoms with Gasteiger partial charge in [-0.15, -0.1) is 0 Å². The molecule has 1 aromatic carbocycles. The summed E-state index contributed by atoms with van der Waals surface area (Å²) in [6, 6.07) is 10.4. The molecule has 0 aliphatic heterocycles. The Hall–Kier alpha value is -1.24. The number of hydrogen-bond acceptors (Lipinski definition) is 1. The van der Waals surface area contributed by atoms with Crippen molar-refractivity contribution in [1.29, 1.82) is 0 Å². The highest BCUT2D eigenvalue weighted by Crippen LogP contribution is 1.96. The van der Waals surface area contributed by atoms with Crippen LogP contribution in [-0.4, -0.2) is 0 Å². The molecule has 1 nitrogen and oxygen atoms in total. The van der Waals surface area contributed by atoms with Gasteiger partial charge in [-0.05, 0) is 18.2 Å². The third-order valence-corrected chi connectivity index (χ3v) is 1.62. The number of benzene rings is 1. The van der Waals surface area contributed by atoms with E-state index >= 15 is 0 Å². The van der Waals surface area contributed by atoms with E-state index in [1.807, 2.05) is 12.3 Å². The standard InChI is InChI=1S/C11H15N/c1-2-3-9-12-10-11-7-5-4-6-8-11/h3-9,12H,2,10H2,1H3/b9-3+. The van der Waals surface area contributed by atoms with Crippen LogP contribution in [0.25, 0.3) is 0 Å². The van der Waals surface area contributed by atoms with Gasteiger partial charge < -0.3 is 5.32 Å². The zero-order chi connectivity index (χ0) is 8.65. The maximum atomic E-state index is 3.22. The third-order valence-electron chi connectivity index (χ3n) is 1.62. The average molecular weight is 161 g/mol. The van der Waals surface area contributed by atoms with Crippen molar-refractivity contribution in [2.45, 2.75) is 19.9 Å². The molecule has 0 spiro atoms. The Labute approximate surface area is 74.1 Å². The van der Waals surface area contributed by atoms with Gasteiger partial charge in [0.1, 0.15) is 0 Å². The molecule has 64 valence electrons. The van der Waals surface area contributed by atoms with E-state index in [4.69, 9.17) is 0 Å². The first-order valence-corrected chi connectivity index (χ1v) is 4.36. The van der Waals surface area contributed by atoms with Crippen LogP contribution >= 0.6 is 0 Å². The maximum absolute atomic E-state index is 3.22. The average Bonchev–Trinajstić information content (AvgIpc) is 2.14. The molecule has 1 rings (SSSR count). The minimum atomic E-state index is 0.914. The van der Waals surface area contributed by atoms with Gasteiger partial charge in [0.25, 0.3) is 0 Å². The van der Waals surface area contributed by atoms with Crippen LogP contribution < -0.4 is 5.32 Å². The van der Waals surface area contributed by atoms with Crippen molar-refractivity contribution < 1.29 is 0 Å². The summed E-state index contributed by atoms with van der Waals surface area (Å²) in [6.45, 7) is 3.04. The second-order valence-corrected chi connectivity index (χ2v) is 2.68. The van der Waals surface area contributed by atoms with E-state index in [1.54, 1.807) is 0 Å². The molecule has 1 N–H and O–H groups in total. The van der Waals surface area contributed by atoms with Crippen molar-refractivity contribution in [3.8, 4) is 0 Å². The van der Waals surface area contributed by atoms with Crippen molar-refractivity contribution in [1.82, 2.24) is 5.32 Å². The Balaban J connectivity index is 2.29. The molecule has 0 aliphatic rings. The molecule has 1 heteroatoms. The van der Waals surface area contributed by atoms with Gasteiger partial charge in [-0.25, -0.2) is 0 Å². The van der Waals surface area contributed by atoms with E-state index in [2.05, 4.69) is 42.6 Å². The predicted molar refractivity (Wildman–Crippen MR) is 52.7 cm³/mol. The van der Waals surface area contributed by atoms with Crippen LogP contribution in [0.5, 0.6) is 0 Å². The third kappa shape index (κ3) is 3.24. The summed E-state index contributed by atoms with van der Waals surface area (Å²) in [5, 5.41) is 3.22. The van der Waals surface area contributed by atoms with Crippen LogP contribution in [0, 0.1) is 0 Å². The molecule has 0 saturated heterocycles. The van der Waals surface area contributed by atoms with Crippen molar-refractivity contribution in [2.24, 2.45) is 0 Å². The topological polar surface area (TPSA) is 12.0 Å². The molecule has 0 aliphatic carbocycles. The first-order valence-electron chi connectivity index (χ1n) is 4.36. The van der Waals surface area contributed by atoms with Gasteiger partial charge in [0.05, 0.1) is 0 Å². The van der Waals surface area contributed by atoms with E-state index in [1.165, 1.54) is 5.56 Å². The molecule has 0 radical (unpaired) electrons. The van der Waals surface area contributed by atoms with E-state index < -0.39 is 0 Å². The summed E-state index contributed by atoms with van der Waals surface area (Å²) in [7, 11) is 0. The molecule has 12 heavy (non-hydrogen) atoms. The minimum absolute atomic E-state index is 0.914. The molecule has 0 unspecified atom stereocenters. The zero-order valence-corrected chi connectivity index (χ0v) is 7.46. The monoisotopic (exact) mass is 161 g/mol. The second-order valence-electron chi connectivity index (χ2n) is 2.68. The molecule has 0 saturated carbocycles. The number of hydrogen-bond donors (Lipinski definition) is 1. The molecular formula is C11H15N. The van der Waals surface area contributed by atoms with E-state index in [0.29, 0.717) is 0 Å².